The molecule has 4 nitrogen and oxygen atoms in total. The van der Waals surface area contributed by atoms with Crippen molar-refractivity contribution in [2.75, 3.05) is 10.6 Å². The van der Waals surface area contributed by atoms with E-state index in [9.17, 15) is 9.59 Å². The van der Waals surface area contributed by atoms with E-state index in [0.717, 1.165) is 28.1 Å². The largest absolute Gasteiger partial charge is 0.326 e. The van der Waals surface area contributed by atoms with Gasteiger partial charge in [-0.1, -0.05) is 35.9 Å². The van der Waals surface area contributed by atoms with Crippen molar-refractivity contribution < 1.29 is 9.59 Å². The van der Waals surface area contributed by atoms with Gasteiger partial charge in [0.25, 0.3) is 0 Å². The smallest absolute Gasteiger partial charge is 0.228 e. The standard InChI is InChI=1S/C20H22N2O2/c1-12-8-9-18(14(3)10-12)22-20(24)16-11-15(16)19(23)21-17-7-5-4-6-13(17)2/h4-10,15-16H,11H2,1-3H3,(H,21,23)(H,22,24). The van der Waals surface area contributed by atoms with E-state index in [0.29, 0.717) is 6.42 Å². The number of rotatable bonds is 4. The number of para-hydroxylation sites is 1. The molecular formula is C20H22N2O2. The van der Waals surface area contributed by atoms with E-state index in [1.54, 1.807) is 0 Å². The van der Waals surface area contributed by atoms with Crippen molar-refractivity contribution in [1.29, 1.82) is 0 Å². The van der Waals surface area contributed by atoms with Crippen LogP contribution >= 0.6 is 0 Å². The predicted octanol–water partition coefficient (Wildman–Crippen LogP) is 3.83. The van der Waals surface area contributed by atoms with Crippen LogP contribution in [-0.2, 0) is 9.59 Å². The molecule has 0 aromatic heterocycles. The molecule has 2 amide bonds. The molecule has 0 aliphatic heterocycles. The predicted molar refractivity (Wildman–Crippen MR) is 96.0 cm³/mol. The van der Waals surface area contributed by atoms with Crippen LogP contribution in [0.25, 0.3) is 0 Å². The summed E-state index contributed by atoms with van der Waals surface area (Å²) in [4.78, 5) is 24.7. The molecule has 24 heavy (non-hydrogen) atoms. The molecule has 3 rings (SSSR count). The molecule has 1 aliphatic carbocycles. The Labute approximate surface area is 142 Å². The molecule has 2 unspecified atom stereocenters. The van der Waals surface area contributed by atoms with E-state index >= 15 is 0 Å². The molecule has 0 heterocycles. The van der Waals surface area contributed by atoms with Gasteiger partial charge in [-0.15, -0.1) is 0 Å². The summed E-state index contributed by atoms with van der Waals surface area (Å²) in [5.41, 5.74) is 4.83. The molecule has 2 atom stereocenters. The maximum Gasteiger partial charge on any atom is 0.228 e. The van der Waals surface area contributed by atoms with Crippen LogP contribution in [0.4, 0.5) is 11.4 Å². The van der Waals surface area contributed by atoms with Gasteiger partial charge in [0.1, 0.15) is 0 Å². The molecule has 1 aliphatic rings. The van der Waals surface area contributed by atoms with Crippen LogP contribution in [0.5, 0.6) is 0 Å². The quantitative estimate of drug-likeness (QED) is 0.899. The normalized spacial score (nSPS) is 18.8. The Morgan fingerprint density at radius 1 is 0.833 bits per heavy atom. The van der Waals surface area contributed by atoms with Gasteiger partial charge in [-0.3, -0.25) is 9.59 Å². The lowest BCUT2D eigenvalue weighted by atomic mass is 10.1. The first-order chi connectivity index (χ1) is 11.5. The molecule has 0 saturated heterocycles. The fourth-order valence-electron chi connectivity index (χ4n) is 2.89. The van der Waals surface area contributed by atoms with Crippen LogP contribution in [0, 0.1) is 32.6 Å². The average Bonchev–Trinajstić information content (AvgIpc) is 3.33. The molecule has 0 bridgehead atoms. The maximum absolute atomic E-state index is 12.4. The van der Waals surface area contributed by atoms with Crippen molar-refractivity contribution in [2.45, 2.75) is 27.2 Å². The van der Waals surface area contributed by atoms with Gasteiger partial charge in [0.05, 0.1) is 11.8 Å². The number of carbonyl (C=O) groups is 2. The van der Waals surface area contributed by atoms with Gasteiger partial charge in [0, 0.05) is 11.4 Å². The van der Waals surface area contributed by atoms with Crippen LogP contribution in [0.1, 0.15) is 23.1 Å². The fourth-order valence-corrected chi connectivity index (χ4v) is 2.89. The van der Waals surface area contributed by atoms with Gasteiger partial charge in [0.2, 0.25) is 11.8 Å². The van der Waals surface area contributed by atoms with Crippen molar-refractivity contribution in [3.63, 3.8) is 0 Å². The van der Waals surface area contributed by atoms with Gasteiger partial charge in [-0.2, -0.15) is 0 Å². The number of aryl methyl sites for hydroxylation is 3. The third-order valence-electron chi connectivity index (χ3n) is 4.51. The summed E-state index contributed by atoms with van der Waals surface area (Å²) in [6.45, 7) is 5.94. The molecule has 1 saturated carbocycles. The van der Waals surface area contributed by atoms with Crippen LogP contribution in [0.3, 0.4) is 0 Å². The van der Waals surface area contributed by atoms with Gasteiger partial charge in [-0.25, -0.2) is 0 Å². The molecule has 4 heteroatoms. The Hall–Kier alpha value is -2.62. The highest BCUT2D eigenvalue weighted by atomic mass is 16.2. The van der Waals surface area contributed by atoms with E-state index in [1.807, 2.05) is 63.2 Å². The summed E-state index contributed by atoms with van der Waals surface area (Å²) >= 11 is 0. The highest BCUT2D eigenvalue weighted by Gasteiger charge is 2.48. The van der Waals surface area contributed by atoms with Crippen LogP contribution in [0.15, 0.2) is 42.5 Å². The van der Waals surface area contributed by atoms with Crippen LogP contribution < -0.4 is 10.6 Å². The number of anilines is 2. The van der Waals surface area contributed by atoms with E-state index in [1.165, 1.54) is 0 Å². The molecule has 1 fully saturated rings. The zero-order valence-corrected chi connectivity index (χ0v) is 14.2. The highest BCUT2D eigenvalue weighted by Crippen LogP contribution is 2.40. The third-order valence-corrected chi connectivity index (χ3v) is 4.51. The van der Waals surface area contributed by atoms with Crippen molar-refractivity contribution in [3.05, 3.63) is 59.2 Å². The van der Waals surface area contributed by atoms with E-state index in [4.69, 9.17) is 0 Å². The lowest BCUT2D eigenvalue weighted by molar-refractivity contribution is -0.122. The number of benzene rings is 2. The first-order valence-electron chi connectivity index (χ1n) is 8.20. The lowest BCUT2D eigenvalue weighted by Gasteiger charge is -2.10. The van der Waals surface area contributed by atoms with Crippen LogP contribution in [-0.4, -0.2) is 11.8 Å². The first kappa shape index (κ1) is 16.2. The van der Waals surface area contributed by atoms with Gasteiger partial charge in [-0.05, 0) is 50.5 Å². The van der Waals surface area contributed by atoms with Gasteiger partial charge < -0.3 is 10.6 Å². The van der Waals surface area contributed by atoms with Crippen molar-refractivity contribution >= 4 is 23.2 Å². The first-order valence-corrected chi connectivity index (χ1v) is 8.20. The van der Waals surface area contributed by atoms with Crippen molar-refractivity contribution in [3.8, 4) is 0 Å². The number of hydrogen-bond acceptors (Lipinski definition) is 2. The molecular weight excluding hydrogens is 300 g/mol. The average molecular weight is 322 g/mol. The topological polar surface area (TPSA) is 58.2 Å². The van der Waals surface area contributed by atoms with Gasteiger partial charge in [0.15, 0.2) is 0 Å². The Kier molecular flexibility index (Phi) is 4.38. The van der Waals surface area contributed by atoms with Crippen LogP contribution in [0.2, 0.25) is 0 Å². The molecule has 2 N–H and O–H groups in total. The van der Waals surface area contributed by atoms with E-state index in [-0.39, 0.29) is 23.7 Å². The monoisotopic (exact) mass is 322 g/mol. The van der Waals surface area contributed by atoms with Gasteiger partial charge >= 0.3 is 0 Å². The summed E-state index contributed by atoms with van der Waals surface area (Å²) in [5.74, 6) is -0.637. The molecule has 2 aromatic rings. The summed E-state index contributed by atoms with van der Waals surface area (Å²) in [5, 5.41) is 5.86. The van der Waals surface area contributed by atoms with E-state index < -0.39 is 0 Å². The summed E-state index contributed by atoms with van der Waals surface area (Å²) in [6, 6.07) is 13.6. The highest BCUT2D eigenvalue weighted by molar-refractivity contribution is 6.03. The number of hydrogen-bond donors (Lipinski definition) is 2. The minimum atomic E-state index is -0.241. The molecule has 0 radical (unpaired) electrons. The Bertz CT molecular complexity index is 798. The lowest BCUT2D eigenvalue weighted by Crippen LogP contribution is -2.21. The number of amides is 2. The summed E-state index contributed by atoms with van der Waals surface area (Å²) < 4.78 is 0. The zero-order chi connectivity index (χ0) is 17.3. The Balaban J connectivity index is 1.59. The Morgan fingerprint density at radius 2 is 1.42 bits per heavy atom. The maximum atomic E-state index is 12.4. The van der Waals surface area contributed by atoms with E-state index in [2.05, 4.69) is 10.6 Å². The minimum absolute atomic E-state index is 0.0770. The SMILES string of the molecule is Cc1ccc(NC(=O)C2CC2C(=O)Nc2ccccc2C)c(C)c1. The summed E-state index contributed by atoms with van der Waals surface area (Å²) in [6.07, 6.45) is 0.606. The molecule has 124 valence electrons. The second-order valence-electron chi connectivity index (χ2n) is 6.56. The van der Waals surface area contributed by atoms with Crippen molar-refractivity contribution in [1.82, 2.24) is 0 Å². The number of nitrogens with one attached hydrogen (secondary N) is 2. The fraction of sp³-hybridized carbons (Fsp3) is 0.300. The minimum Gasteiger partial charge on any atom is -0.326 e. The molecule has 2 aromatic carbocycles. The Morgan fingerprint density at radius 3 is 2.00 bits per heavy atom. The third kappa shape index (κ3) is 3.48. The zero-order valence-electron chi connectivity index (χ0n) is 14.2. The number of carbonyl (C=O) groups excluding carboxylic acids is 2. The summed E-state index contributed by atoms with van der Waals surface area (Å²) in [7, 11) is 0. The second kappa shape index (κ2) is 6.48. The second-order valence-corrected chi connectivity index (χ2v) is 6.56. The molecule has 0 spiro atoms. The van der Waals surface area contributed by atoms with Crippen molar-refractivity contribution in [2.24, 2.45) is 11.8 Å².